The molecule has 1 atom stereocenters. The molecule has 1 aliphatic rings. The second-order valence-corrected chi connectivity index (χ2v) is 5.47. The van der Waals surface area contributed by atoms with E-state index in [-0.39, 0.29) is 12.1 Å². The van der Waals surface area contributed by atoms with Gasteiger partial charge in [-0.15, -0.1) is 0 Å². The van der Waals surface area contributed by atoms with Gasteiger partial charge in [0.05, 0.1) is 12.1 Å². The second-order valence-electron chi connectivity index (χ2n) is 4.07. The van der Waals surface area contributed by atoms with Crippen molar-refractivity contribution in [3.8, 4) is 0 Å². The fourth-order valence-electron chi connectivity index (χ4n) is 1.58. The summed E-state index contributed by atoms with van der Waals surface area (Å²) in [5.74, 6) is 0.829. The topological polar surface area (TPSA) is 44.6 Å². The Hall–Kier alpha value is -0.710. The van der Waals surface area contributed by atoms with E-state index < -0.39 is 0 Å². The van der Waals surface area contributed by atoms with Crippen molar-refractivity contribution in [1.82, 2.24) is 0 Å². The van der Waals surface area contributed by atoms with E-state index >= 15 is 0 Å². The standard InChI is InChI=1S/C12H15ClN2OS/c1-2-12(7-16)8-17-11(15-12)14-10-5-3-9(13)4-6-10/h3-6,16H,2,7-8H2,1H3,(H,14,15)/t12-/m1/s1. The summed E-state index contributed by atoms with van der Waals surface area (Å²) >= 11 is 7.47. The highest BCUT2D eigenvalue weighted by Gasteiger charge is 2.33. The number of benzene rings is 1. The molecular weight excluding hydrogens is 256 g/mol. The van der Waals surface area contributed by atoms with Gasteiger partial charge in [-0.2, -0.15) is 0 Å². The van der Waals surface area contributed by atoms with Crippen LogP contribution in [0.15, 0.2) is 29.3 Å². The fraction of sp³-hybridized carbons (Fsp3) is 0.417. The molecule has 0 saturated heterocycles. The average molecular weight is 271 g/mol. The molecule has 1 aliphatic heterocycles. The molecular formula is C12H15ClN2OS. The van der Waals surface area contributed by atoms with E-state index in [1.165, 1.54) is 0 Å². The van der Waals surface area contributed by atoms with Gasteiger partial charge in [-0.3, -0.25) is 4.99 Å². The molecule has 0 aliphatic carbocycles. The van der Waals surface area contributed by atoms with Crippen LogP contribution in [0, 0.1) is 0 Å². The smallest absolute Gasteiger partial charge is 0.161 e. The lowest BCUT2D eigenvalue weighted by Gasteiger charge is -2.19. The van der Waals surface area contributed by atoms with Gasteiger partial charge in [0.2, 0.25) is 0 Å². The van der Waals surface area contributed by atoms with Crippen molar-refractivity contribution < 1.29 is 5.11 Å². The molecule has 0 saturated carbocycles. The lowest BCUT2D eigenvalue weighted by molar-refractivity contribution is 0.211. The Morgan fingerprint density at radius 2 is 2.18 bits per heavy atom. The zero-order chi connectivity index (χ0) is 12.3. The quantitative estimate of drug-likeness (QED) is 0.888. The monoisotopic (exact) mass is 270 g/mol. The molecule has 92 valence electrons. The van der Waals surface area contributed by atoms with Crippen molar-refractivity contribution in [2.45, 2.75) is 18.9 Å². The van der Waals surface area contributed by atoms with E-state index in [0.717, 1.165) is 28.1 Å². The van der Waals surface area contributed by atoms with E-state index in [4.69, 9.17) is 11.6 Å². The van der Waals surface area contributed by atoms with Gasteiger partial charge in [-0.1, -0.05) is 30.3 Å². The predicted octanol–water partition coefficient (Wildman–Crippen LogP) is 3.00. The molecule has 5 heteroatoms. The molecule has 0 amide bonds. The zero-order valence-electron chi connectivity index (χ0n) is 9.61. The molecule has 0 aromatic heterocycles. The first kappa shape index (κ1) is 12.7. The third kappa shape index (κ3) is 2.94. The van der Waals surface area contributed by atoms with Crippen molar-refractivity contribution in [2.24, 2.45) is 4.99 Å². The molecule has 0 radical (unpaired) electrons. The number of amidine groups is 1. The van der Waals surface area contributed by atoms with E-state index in [0.29, 0.717) is 0 Å². The Kier molecular flexibility index (Phi) is 3.97. The van der Waals surface area contributed by atoms with Crippen molar-refractivity contribution in [1.29, 1.82) is 0 Å². The number of hydrogen-bond acceptors (Lipinski definition) is 4. The first-order valence-electron chi connectivity index (χ1n) is 5.53. The van der Waals surface area contributed by atoms with Crippen LogP contribution in [0.4, 0.5) is 5.69 Å². The molecule has 3 nitrogen and oxygen atoms in total. The molecule has 1 aromatic carbocycles. The summed E-state index contributed by atoms with van der Waals surface area (Å²) in [6.45, 7) is 2.15. The maximum atomic E-state index is 9.37. The fourth-order valence-corrected chi connectivity index (χ4v) is 2.92. The maximum absolute atomic E-state index is 9.37. The van der Waals surface area contributed by atoms with E-state index in [1.807, 2.05) is 31.2 Å². The van der Waals surface area contributed by atoms with Gasteiger partial charge < -0.3 is 10.4 Å². The third-order valence-corrected chi connectivity index (χ3v) is 4.26. The summed E-state index contributed by atoms with van der Waals surface area (Å²) in [4.78, 5) is 4.56. The number of aliphatic imine (C=N–C) groups is 1. The van der Waals surface area contributed by atoms with E-state index in [1.54, 1.807) is 11.8 Å². The minimum absolute atomic E-state index is 0.0995. The van der Waals surface area contributed by atoms with Gasteiger partial charge in [-0.05, 0) is 30.7 Å². The number of aliphatic hydroxyl groups excluding tert-OH is 1. The summed E-state index contributed by atoms with van der Waals surface area (Å²) in [6.07, 6.45) is 0.850. The van der Waals surface area contributed by atoms with Crippen LogP contribution in [0.5, 0.6) is 0 Å². The summed E-state index contributed by atoms with van der Waals surface area (Å²) < 4.78 is 0. The number of rotatable bonds is 3. The van der Waals surface area contributed by atoms with Gasteiger partial charge in [0.15, 0.2) is 5.17 Å². The SMILES string of the molecule is CC[C@@]1(CO)CSC(Nc2ccc(Cl)cc2)=N1. The van der Waals surface area contributed by atoms with E-state index in [9.17, 15) is 5.11 Å². The second kappa shape index (κ2) is 5.29. The van der Waals surface area contributed by atoms with Crippen LogP contribution in [-0.2, 0) is 0 Å². The molecule has 2 N–H and O–H groups in total. The Balaban J connectivity index is 2.08. The molecule has 1 heterocycles. The molecule has 17 heavy (non-hydrogen) atoms. The first-order valence-corrected chi connectivity index (χ1v) is 6.90. The number of halogens is 1. The largest absolute Gasteiger partial charge is 0.394 e. The number of nitrogens with zero attached hydrogens (tertiary/aromatic N) is 1. The van der Waals surface area contributed by atoms with E-state index in [2.05, 4.69) is 10.3 Å². The Morgan fingerprint density at radius 1 is 1.47 bits per heavy atom. The number of thioether (sulfide) groups is 1. The minimum Gasteiger partial charge on any atom is -0.394 e. The number of nitrogens with one attached hydrogen (secondary N) is 1. The van der Waals surface area contributed by atoms with Crippen molar-refractivity contribution >= 4 is 34.2 Å². The number of anilines is 1. The predicted molar refractivity (Wildman–Crippen MR) is 75.1 cm³/mol. The summed E-state index contributed by atoms with van der Waals surface area (Å²) in [6, 6.07) is 7.50. The minimum atomic E-state index is -0.306. The maximum Gasteiger partial charge on any atom is 0.161 e. The number of hydrogen-bond donors (Lipinski definition) is 2. The third-order valence-electron chi connectivity index (χ3n) is 2.86. The van der Waals surface area contributed by atoms with Crippen LogP contribution in [0.2, 0.25) is 5.02 Å². The van der Waals surface area contributed by atoms with Crippen molar-refractivity contribution in [2.75, 3.05) is 17.7 Å². The molecule has 0 spiro atoms. The Morgan fingerprint density at radius 3 is 2.71 bits per heavy atom. The normalized spacial score (nSPS) is 23.6. The first-order chi connectivity index (χ1) is 8.17. The highest BCUT2D eigenvalue weighted by molar-refractivity contribution is 8.14. The van der Waals surface area contributed by atoms with Gasteiger partial charge in [0, 0.05) is 16.5 Å². The van der Waals surface area contributed by atoms with Crippen LogP contribution in [0.25, 0.3) is 0 Å². The molecule has 0 fully saturated rings. The van der Waals surface area contributed by atoms with Gasteiger partial charge in [0.25, 0.3) is 0 Å². The summed E-state index contributed by atoms with van der Waals surface area (Å²) in [7, 11) is 0. The van der Waals surface area contributed by atoms with Gasteiger partial charge >= 0.3 is 0 Å². The highest BCUT2D eigenvalue weighted by Crippen LogP contribution is 2.31. The Bertz CT molecular complexity index is 415. The molecule has 0 unspecified atom stereocenters. The van der Waals surface area contributed by atoms with Gasteiger partial charge in [-0.25, -0.2) is 0 Å². The number of aliphatic hydroxyl groups is 1. The van der Waals surface area contributed by atoms with Crippen molar-refractivity contribution in [3.05, 3.63) is 29.3 Å². The highest BCUT2D eigenvalue weighted by atomic mass is 35.5. The van der Waals surface area contributed by atoms with Crippen molar-refractivity contribution in [3.63, 3.8) is 0 Å². The van der Waals surface area contributed by atoms with Gasteiger partial charge in [0.1, 0.15) is 0 Å². The molecule has 2 rings (SSSR count). The van der Waals surface area contributed by atoms with Crippen LogP contribution in [-0.4, -0.2) is 28.2 Å². The van der Waals surface area contributed by atoms with Crippen LogP contribution in [0.3, 0.4) is 0 Å². The molecule has 1 aromatic rings. The van der Waals surface area contributed by atoms with Crippen LogP contribution in [0.1, 0.15) is 13.3 Å². The summed E-state index contributed by atoms with van der Waals surface area (Å²) in [5.41, 5.74) is 0.657. The zero-order valence-corrected chi connectivity index (χ0v) is 11.2. The summed E-state index contributed by atoms with van der Waals surface area (Å²) in [5, 5.41) is 14.2. The average Bonchev–Trinajstić information content (AvgIpc) is 2.76. The van der Waals surface area contributed by atoms with Crippen LogP contribution >= 0.6 is 23.4 Å². The molecule has 0 bridgehead atoms. The lowest BCUT2D eigenvalue weighted by Crippen LogP contribution is -2.30. The Labute approximate surface area is 110 Å². The van der Waals surface area contributed by atoms with Crippen LogP contribution < -0.4 is 5.32 Å². The lowest BCUT2D eigenvalue weighted by atomic mass is 10.0.